The van der Waals surface area contributed by atoms with E-state index in [4.69, 9.17) is 23.7 Å². The average Bonchev–Trinajstić information content (AvgIpc) is 3.39. The van der Waals surface area contributed by atoms with Crippen molar-refractivity contribution in [2.24, 2.45) is 0 Å². The number of ether oxygens (including phenoxy) is 5. The lowest BCUT2D eigenvalue weighted by Gasteiger charge is -2.16. The number of aryl methyl sites for hydroxylation is 2. The highest BCUT2D eigenvalue weighted by molar-refractivity contribution is 7.27. The third-order valence-corrected chi connectivity index (χ3v) is 8.82. The molecule has 0 spiro atoms. The number of hydrogen-bond donors (Lipinski definition) is 0. The zero-order chi connectivity index (χ0) is 20.8. The van der Waals surface area contributed by atoms with Gasteiger partial charge in [-0.1, -0.05) is 6.92 Å². The van der Waals surface area contributed by atoms with Crippen LogP contribution < -0.4 is 23.7 Å². The molecule has 0 aliphatic carbocycles. The van der Waals surface area contributed by atoms with Crippen molar-refractivity contribution in [2.45, 2.75) is 34.1 Å². The second kappa shape index (κ2) is 7.98. The maximum Gasteiger partial charge on any atom is 0.181 e. The van der Waals surface area contributed by atoms with E-state index >= 15 is 0 Å². The molecular formula is C22H24O5S3. The normalized spacial score (nSPS) is 14.8. The van der Waals surface area contributed by atoms with Gasteiger partial charge in [0, 0.05) is 15.3 Å². The first-order valence-corrected chi connectivity index (χ1v) is 12.6. The lowest BCUT2D eigenvalue weighted by atomic mass is 10.2. The maximum absolute atomic E-state index is 6.28. The molecule has 3 aromatic rings. The molecule has 2 aliphatic rings. The molecule has 3 aromatic heterocycles. The predicted octanol–water partition coefficient (Wildman–Crippen LogP) is 6.46. The molecule has 30 heavy (non-hydrogen) atoms. The molecular weight excluding hydrogens is 440 g/mol. The Labute approximate surface area is 188 Å². The number of hydrogen-bond acceptors (Lipinski definition) is 8. The molecule has 0 amide bonds. The summed E-state index contributed by atoms with van der Waals surface area (Å²) in [5.41, 5.74) is 1.14. The first-order valence-electron chi connectivity index (χ1n) is 10.1. The van der Waals surface area contributed by atoms with Crippen molar-refractivity contribution in [3.63, 3.8) is 0 Å². The van der Waals surface area contributed by atoms with Gasteiger partial charge >= 0.3 is 0 Å². The van der Waals surface area contributed by atoms with Crippen molar-refractivity contribution in [2.75, 3.05) is 33.0 Å². The Bertz CT molecular complexity index is 1090. The molecule has 2 aliphatic heterocycles. The standard InChI is InChI=1S/C22H24O5S3/c1-5-6-23-14-11(2)19(21-17-15(12(3)28-21)24-7-9-26-17)30-20(14)22-18-16(13(4)29-22)25-8-10-27-18/h5-10H2,1-4H3. The predicted molar refractivity (Wildman–Crippen MR) is 123 cm³/mol. The smallest absolute Gasteiger partial charge is 0.181 e. The van der Waals surface area contributed by atoms with Crippen molar-refractivity contribution in [1.82, 2.24) is 0 Å². The fraction of sp³-hybridized carbons (Fsp3) is 0.455. The third-order valence-electron chi connectivity index (χ3n) is 5.08. The van der Waals surface area contributed by atoms with Crippen LogP contribution in [0.5, 0.6) is 28.7 Å². The second-order valence-corrected chi connectivity index (χ2v) is 10.7. The molecule has 8 heteroatoms. The van der Waals surface area contributed by atoms with E-state index in [2.05, 4.69) is 27.7 Å². The Balaban J connectivity index is 1.68. The molecule has 0 N–H and O–H groups in total. The zero-order valence-corrected chi connectivity index (χ0v) is 20.0. The fourth-order valence-corrected chi connectivity index (χ4v) is 7.38. The van der Waals surface area contributed by atoms with Gasteiger partial charge in [-0.15, -0.1) is 34.0 Å². The summed E-state index contributed by atoms with van der Waals surface area (Å²) in [7, 11) is 0. The molecule has 0 unspecified atom stereocenters. The van der Waals surface area contributed by atoms with E-state index in [1.807, 2.05) is 0 Å². The SMILES string of the molecule is CCCOc1c(-c2sc(C)c3c2OCCO3)sc(-c2sc(C)c3c2OCCO3)c1C. The maximum atomic E-state index is 6.28. The number of fused-ring (bicyclic) bond motifs is 2. The highest BCUT2D eigenvalue weighted by Crippen LogP contribution is 2.59. The first-order chi connectivity index (χ1) is 14.6. The summed E-state index contributed by atoms with van der Waals surface area (Å²) in [6.07, 6.45) is 0.954. The molecule has 0 fully saturated rings. The lowest BCUT2D eigenvalue weighted by Crippen LogP contribution is -2.14. The molecule has 5 nitrogen and oxygen atoms in total. The minimum atomic E-state index is 0.571. The van der Waals surface area contributed by atoms with E-state index in [-0.39, 0.29) is 0 Å². The number of thiophene rings is 3. The molecule has 0 saturated heterocycles. The van der Waals surface area contributed by atoms with Crippen LogP contribution in [0, 0.1) is 20.8 Å². The topological polar surface area (TPSA) is 46.2 Å². The molecule has 0 aromatic carbocycles. The second-order valence-electron chi connectivity index (χ2n) is 7.25. The van der Waals surface area contributed by atoms with Crippen LogP contribution in [-0.2, 0) is 0 Å². The van der Waals surface area contributed by atoms with Crippen LogP contribution >= 0.6 is 34.0 Å². The molecule has 0 bridgehead atoms. The monoisotopic (exact) mass is 464 g/mol. The van der Waals surface area contributed by atoms with E-state index in [9.17, 15) is 0 Å². The molecule has 0 atom stereocenters. The van der Waals surface area contributed by atoms with Gasteiger partial charge in [-0.2, -0.15) is 0 Å². The Kier molecular flexibility index (Phi) is 5.33. The lowest BCUT2D eigenvalue weighted by molar-refractivity contribution is 0.173. The summed E-state index contributed by atoms with van der Waals surface area (Å²) >= 11 is 5.17. The van der Waals surface area contributed by atoms with Crippen LogP contribution in [0.1, 0.15) is 28.7 Å². The van der Waals surface area contributed by atoms with Crippen molar-refractivity contribution in [3.05, 3.63) is 15.3 Å². The van der Waals surface area contributed by atoms with E-state index in [1.165, 1.54) is 4.88 Å². The van der Waals surface area contributed by atoms with Gasteiger partial charge in [0.05, 0.1) is 26.1 Å². The molecule has 0 radical (unpaired) electrons. The molecule has 0 saturated carbocycles. The quantitative estimate of drug-likeness (QED) is 0.433. The summed E-state index contributed by atoms with van der Waals surface area (Å²) in [6, 6.07) is 0. The fourth-order valence-electron chi connectivity index (χ4n) is 3.73. The molecule has 160 valence electrons. The van der Waals surface area contributed by atoms with Crippen LogP contribution in [0.15, 0.2) is 0 Å². The Morgan fingerprint density at radius 3 is 1.70 bits per heavy atom. The highest BCUT2D eigenvalue weighted by Gasteiger charge is 2.31. The van der Waals surface area contributed by atoms with E-state index in [0.717, 1.165) is 65.1 Å². The van der Waals surface area contributed by atoms with Crippen LogP contribution in [-0.4, -0.2) is 33.0 Å². The minimum absolute atomic E-state index is 0.571. The van der Waals surface area contributed by atoms with E-state index in [1.54, 1.807) is 34.0 Å². The average molecular weight is 465 g/mol. The van der Waals surface area contributed by atoms with Gasteiger partial charge in [0.2, 0.25) is 0 Å². The van der Waals surface area contributed by atoms with Gasteiger partial charge in [0.1, 0.15) is 32.2 Å². The van der Waals surface area contributed by atoms with Gasteiger partial charge in [-0.25, -0.2) is 0 Å². The van der Waals surface area contributed by atoms with Gasteiger partial charge in [-0.05, 0) is 27.2 Å². The third kappa shape index (κ3) is 3.16. The van der Waals surface area contributed by atoms with Gasteiger partial charge < -0.3 is 23.7 Å². The van der Waals surface area contributed by atoms with Gasteiger partial charge in [-0.3, -0.25) is 0 Å². The van der Waals surface area contributed by atoms with Crippen molar-refractivity contribution in [3.8, 4) is 48.3 Å². The van der Waals surface area contributed by atoms with Gasteiger partial charge in [0.25, 0.3) is 0 Å². The highest BCUT2D eigenvalue weighted by atomic mass is 32.1. The van der Waals surface area contributed by atoms with Crippen LogP contribution in [0.4, 0.5) is 0 Å². The minimum Gasteiger partial charge on any atom is -0.492 e. The van der Waals surface area contributed by atoms with Crippen molar-refractivity contribution < 1.29 is 23.7 Å². The van der Waals surface area contributed by atoms with E-state index < -0.39 is 0 Å². The summed E-state index contributed by atoms with van der Waals surface area (Å²) in [6.45, 7) is 11.4. The Morgan fingerprint density at radius 2 is 1.17 bits per heavy atom. The summed E-state index contributed by atoms with van der Waals surface area (Å²) < 4.78 is 30.1. The Morgan fingerprint density at radius 1 is 0.667 bits per heavy atom. The Hall–Kier alpha value is -1.90. The largest absolute Gasteiger partial charge is 0.492 e. The summed E-state index contributed by atoms with van der Waals surface area (Å²) in [5.74, 6) is 4.41. The van der Waals surface area contributed by atoms with Gasteiger partial charge in [0.15, 0.2) is 23.0 Å². The molecule has 5 rings (SSSR count). The first kappa shape index (κ1) is 20.0. The summed E-state index contributed by atoms with van der Waals surface area (Å²) in [5, 5.41) is 0. The van der Waals surface area contributed by atoms with Crippen molar-refractivity contribution >= 4 is 34.0 Å². The molecule has 5 heterocycles. The van der Waals surface area contributed by atoms with Crippen LogP contribution in [0.25, 0.3) is 19.5 Å². The van der Waals surface area contributed by atoms with E-state index in [0.29, 0.717) is 33.0 Å². The van der Waals surface area contributed by atoms with Crippen LogP contribution in [0.2, 0.25) is 0 Å². The zero-order valence-electron chi connectivity index (χ0n) is 17.5. The number of rotatable bonds is 5. The summed E-state index contributed by atoms with van der Waals surface area (Å²) in [4.78, 5) is 6.77. The van der Waals surface area contributed by atoms with Crippen molar-refractivity contribution in [1.29, 1.82) is 0 Å². The van der Waals surface area contributed by atoms with Crippen LogP contribution in [0.3, 0.4) is 0 Å².